The fourth-order valence-corrected chi connectivity index (χ4v) is 0.906. The van der Waals surface area contributed by atoms with Crippen LogP contribution in [0.3, 0.4) is 0 Å². The maximum Gasteiger partial charge on any atom is 0.257 e. The normalized spacial score (nSPS) is 13.6. The van der Waals surface area contributed by atoms with Gasteiger partial charge in [-0.05, 0) is 6.42 Å². The molecule has 74 valence electrons. The first-order chi connectivity index (χ1) is 6.13. The predicted molar refractivity (Wildman–Crippen MR) is 41.3 cm³/mol. The topological polar surface area (TPSA) is 50.9 Å². The summed E-state index contributed by atoms with van der Waals surface area (Å²) < 4.78 is 24.7. The molecule has 0 aromatic carbocycles. The van der Waals surface area contributed by atoms with Gasteiger partial charge in [0, 0.05) is 0 Å². The van der Waals surface area contributed by atoms with Gasteiger partial charge in [0.2, 0.25) is 0 Å². The summed E-state index contributed by atoms with van der Waals surface area (Å²) in [5.74, 6) is 0. The number of aliphatic hydroxyl groups excluding tert-OH is 1. The lowest BCUT2D eigenvalue weighted by molar-refractivity contribution is 0.121. The number of aliphatic hydroxyl groups is 1. The molecule has 0 saturated heterocycles. The molecule has 0 amide bonds. The number of nitrogens with zero attached hydrogens (tertiary/aromatic N) is 3. The fourth-order valence-electron chi connectivity index (χ4n) is 0.906. The number of halogens is 2. The van der Waals surface area contributed by atoms with Gasteiger partial charge in [0.05, 0.1) is 12.3 Å². The third-order valence-electron chi connectivity index (χ3n) is 1.61. The Labute approximate surface area is 74.2 Å². The van der Waals surface area contributed by atoms with Gasteiger partial charge in [-0.25, -0.2) is 13.5 Å². The van der Waals surface area contributed by atoms with Gasteiger partial charge < -0.3 is 5.11 Å². The maximum absolute atomic E-state index is 11.9. The first kappa shape index (κ1) is 10.0. The largest absolute Gasteiger partial charge is 0.387 e. The third-order valence-corrected chi connectivity index (χ3v) is 1.61. The standard InChI is InChI=1S/C7H11F2N3O/c1-2-6(13)5-3-12(11-10-5)4-7(8)9/h3,6-7,13H,2,4H2,1H3. The van der Waals surface area contributed by atoms with Gasteiger partial charge in [0.15, 0.2) is 0 Å². The molecule has 0 saturated carbocycles. The lowest BCUT2D eigenvalue weighted by Crippen LogP contribution is -2.06. The van der Waals surface area contributed by atoms with Crippen LogP contribution >= 0.6 is 0 Å². The molecule has 0 spiro atoms. The predicted octanol–water partition coefficient (Wildman–Crippen LogP) is 0.987. The van der Waals surface area contributed by atoms with E-state index in [1.165, 1.54) is 6.20 Å². The summed E-state index contributed by atoms with van der Waals surface area (Å²) in [5.41, 5.74) is 0.336. The molecule has 13 heavy (non-hydrogen) atoms. The van der Waals surface area contributed by atoms with Crippen LogP contribution in [-0.2, 0) is 6.54 Å². The minimum absolute atomic E-state index is 0.336. The fraction of sp³-hybridized carbons (Fsp3) is 0.714. The van der Waals surface area contributed by atoms with Crippen LogP contribution in [0.25, 0.3) is 0 Å². The Morgan fingerprint density at radius 1 is 1.62 bits per heavy atom. The van der Waals surface area contributed by atoms with Gasteiger partial charge >= 0.3 is 0 Å². The molecule has 0 aliphatic carbocycles. The van der Waals surface area contributed by atoms with Crippen LogP contribution in [0.1, 0.15) is 25.1 Å². The zero-order valence-corrected chi connectivity index (χ0v) is 7.19. The molecule has 1 rings (SSSR count). The van der Waals surface area contributed by atoms with Crippen molar-refractivity contribution in [2.75, 3.05) is 0 Å². The van der Waals surface area contributed by atoms with Gasteiger partial charge in [-0.3, -0.25) is 0 Å². The van der Waals surface area contributed by atoms with E-state index >= 15 is 0 Å². The van der Waals surface area contributed by atoms with E-state index in [0.29, 0.717) is 12.1 Å². The number of aromatic nitrogens is 3. The van der Waals surface area contributed by atoms with E-state index < -0.39 is 19.1 Å². The molecule has 0 bridgehead atoms. The lowest BCUT2D eigenvalue weighted by atomic mass is 10.2. The molecule has 0 radical (unpaired) electrons. The highest BCUT2D eigenvalue weighted by Gasteiger charge is 2.11. The minimum Gasteiger partial charge on any atom is -0.387 e. The van der Waals surface area contributed by atoms with E-state index in [1.54, 1.807) is 6.92 Å². The first-order valence-electron chi connectivity index (χ1n) is 3.99. The summed E-state index contributed by atoms with van der Waals surface area (Å²) >= 11 is 0. The Hall–Kier alpha value is -1.04. The molecular weight excluding hydrogens is 180 g/mol. The van der Waals surface area contributed by atoms with Crippen LogP contribution in [-0.4, -0.2) is 26.5 Å². The molecule has 1 atom stereocenters. The molecule has 1 heterocycles. The zero-order valence-electron chi connectivity index (χ0n) is 7.19. The second kappa shape index (κ2) is 4.27. The van der Waals surface area contributed by atoms with Crippen molar-refractivity contribution in [3.63, 3.8) is 0 Å². The Morgan fingerprint density at radius 2 is 2.31 bits per heavy atom. The number of hydrogen-bond donors (Lipinski definition) is 1. The van der Waals surface area contributed by atoms with Gasteiger partial charge in [-0.2, -0.15) is 0 Å². The maximum atomic E-state index is 11.9. The average molecular weight is 191 g/mol. The molecule has 0 aliphatic rings. The summed E-state index contributed by atoms with van der Waals surface area (Å²) in [6, 6.07) is 0. The van der Waals surface area contributed by atoms with Gasteiger partial charge in [-0.15, -0.1) is 5.10 Å². The highest BCUT2D eigenvalue weighted by Crippen LogP contribution is 2.12. The highest BCUT2D eigenvalue weighted by molar-refractivity contribution is 4.96. The molecule has 0 fully saturated rings. The van der Waals surface area contributed by atoms with E-state index in [2.05, 4.69) is 10.3 Å². The van der Waals surface area contributed by atoms with Crippen molar-refractivity contribution < 1.29 is 13.9 Å². The number of hydrogen-bond acceptors (Lipinski definition) is 3. The van der Waals surface area contributed by atoms with Gasteiger partial charge in [-0.1, -0.05) is 12.1 Å². The molecule has 1 N–H and O–H groups in total. The van der Waals surface area contributed by atoms with Crippen molar-refractivity contribution in [2.45, 2.75) is 32.4 Å². The molecular formula is C7H11F2N3O. The van der Waals surface area contributed by atoms with Crippen LogP contribution in [0.4, 0.5) is 8.78 Å². The van der Waals surface area contributed by atoms with E-state index in [0.717, 1.165) is 4.68 Å². The zero-order chi connectivity index (χ0) is 9.84. The van der Waals surface area contributed by atoms with Crippen LogP contribution in [0, 0.1) is 0 Å². The number of alkyl halides is 2. The second-order valence-corrected chi connectivity index (χ2v) is 2.68. The van der Waals surface area contributed by atoms with E-state index in [-0.39, 0.29) is 0 Å². The number of rotatable bonds is 4. The Morgan fingerprint density at radius 3 is 2.85 bits per heavy atom. The molecule has 1 aromatic rings. The van der Waals surface area contributed by atoms with Crippen molar-refractivity contribution in [1.82, 2.24) is 15.0 Å². The van der Waals surface area contributed by atoms with E-state index in [9.17, 15) is 13.9 Å². The van der Waals surface area contributed by atoms with Gasteiger partial charge in [0.25, 0.3) is 6.43 Å². The lowest BCUT2D eigenvalue weighted by Gasteiger charge is -2.00. The van der Waals surface area contributed by atoms with Crippen molar-refractivity contribution >= 4 is 0 Å². The highest BCUT2D eigenvalue weighted by atomic mass is 19.3. The van der Waals surface area contributed by atoms with Crippen molar-refractivity contribution in [3.05, 3.63) is 11.9 Å². The summed E-state index contributed by atoms with van der Waals surface area (Å²) in [4.78, 5) is 0. The van der Waals surface area contributed by atoms with Gasteiger partial charge in [0.1, 0.15) is 12.2 Å². The molecule has 4 nitrogen and oxygen atoms in total. The summed E-state index contributed by atoms with van der Waals surface area (Å²) in [7, 11) is 0. The minimum atomic E-state index is -2.45. The summed E-state index contributed by atoms with van der Waals surface area (Å²) in [5, 5.41) is 16.3. The average Bonchev–Trinajstić information content (AvgIpc) is 2.50. The Bertz CT molecular complexity index is 264. The Kier molecular flexibility index (Phi) is 3.30. The van der Waals surface area contributed by atoms with Crippen molar-refractivity contribution in [3.8, 4) is 0 Å². The van der Waals surface area contributed by atoms with Crippen molar-refractivity contribution in [1.29, 1.82) is 0 Å². The smallest absolute Gasteiger partial charge is 0.257 e. The SMILES string of the molecule is CCC(O)c1cn(CC(F)F)nn1. The monoisotopic (exact) mass is 191 g/mol. The van der Waals surface area contributed by atoms with Crippen LogP contribution < -0.4 is 0 Å². The molecule has 1 unspecified atom stereocenters. The van der Waals surface area contributed by atoms with Crippen LogP contribution in [0.2, 0.25) is 0 Å². The van der Waals surface area contributed by atoms with Crippen molar-refractivity contribution in [2.24, 2.45) is 0 Å². The molecule has 6 heteroatoms. The van der Waals surface area contributed by atoms with E-state index in [4.69, 9.17) is 0 Å². The second-order valence-electron chi connectivity index (χ2n) is 2.68. The van der Waals surface area contributed by atoms with E-state index in [1.807, 2.05) is 0 Å². The van der Waals surface area contributed by atoms with Crippen LogP contribution in [0.5, 0.6) is 0 Å². The quantitative estimate of drug-likeness (QED) is 0.772. The first-order valence-corrected chi connectivity index (χ1v) is 3.99. The molecule has 0 aliphatic heterocycles. The third kappa shape index (κ3) is 2.73. The molecule has 1 aromatic heterocycles. The summed E-state index contributed by atoms with van der Waals surface area (Å²) in [6.45, 7) is 1.29. The Balaban J connectivity index is 2.63. The van der Waals surface area contributed by atoms with Crippen LogP contribution in [0.15, 0.2) is 6.20 Å². The summed E-state index contributed by atoms with van der Waals surface area (Å²) in [6.07, 6.45) is -1.34.